The van der Waals surface area contributed by atoms with Crippen LogP contribution in [0.5, 0.6) is 5.75 Å². The molecular weight excluding hydrogens is 366 g/mol. The van der Waals surface area contributed by atoms with Gasteiger partial charge in [0.2, 0.25) is 0 Å². The van der Waals surface area contributed by atoms with Crippen molar-refractivity contribution in [1.29, 1.82) is 0 Å². The minimum atomic E-state index is -0.595. The van der Waals surface area contributed by atoms with Gasteiger partial charge in [0.1, 0.15) is 11.9 Å². The molecule has 1 aromatic heterocycles. The Balaban J connectivity index is 1.44. The van der Waals surface area contributed by atoms with Crippen molar-refractivity contribution < 1.29 is 28.3 Å². The van der Waals surface area contributed by atoms with Crippen LogP contribution in [0.3, 0.4) is 0 Å². The van der Waals surface area contributed by atoms with Crippen LogP contribution in [0.25, 0.3) is 0 Å². The van der Waals surface area contributed by atoms with Crippen LogP contribution in [0.15, 0.2) is 41.0 Å². The number of cyclic esters (lactones) is 1. The third-order valence-electron chi connectivity index (χ3n) is 4.71. The van der Waals surface area contributed by atoms with E-state index < -0.39 is 18.3 Å². The number of likely N-dealkylation sites (N-methyl/N-ethyl adjacent to an activating group) is 1. The molecule has 0 saturated carbocycles. The van der Waals surface area contributed by atoms with Crippen LogP contribution in [0, 0.1) is 0 Å². The topological polar surface area (TPSA) is 101 Å². The maximum Gasteiger partial charge on any atom is 0.414 e. The van der Waals surface area contributed by atoms with E-state index in [-0.39, 0.29) is 30.7 Å². The van der Waals surface area contributed by atoms with Gasteiger partial charge < -0.3 is 24.1 Å². The van der Waals surface area contributed by atoms with E-state index in [1.54, 1.807) is 44.3 Å². The first kappa shape index (κ1) is 17.9. The van der Waals surface area contributed by atoms with E-state index in [4.69, 9.17) is 13.9 Å². The molecular formula is C19H19N3O6. The summed E-state index contributed by atoms with van der Waals surface area (Å²) in [7, 11) is 1.68. The minimum Gasteiger partial charge on any atom is -0.479 e. The lowest BCUT2D eigenvalue weighted by molar-refractivity contribution is -0.125. The van der Waals surface area contributed by atoms with Gasteiger partial charge in [-0.05, 0) is 31.2 Å². The van der Waals surface area contributed by atoms with Gasteiger partial charge in [0.15, 0.2) is 11.9 Å². The zero-order valence-corrected chi connectivity index (χ0v) is 15.4. The molecule has 1 unspecified atom stereocenters. The number of carbonyl (C=O) groups is 3. The summed E-state index contributed by atoms with van der Waals surface area (Å²) in [6, 6.07) is 8.34. The zero-order valence-electron chi connectivity index (χ0n) is 15.4. The molecule has 1 aromatic carbocycles. The van der Waals surface area contributed by atoms with Gasteiger partial charge in [0.05, 0.1) is 30.7 Å². The molecule has 2 aromatic rings. The predicted octanol–water partition coefficient (Wildman–Crippen LogP) is 1.78. The number of nitrogens with one attached hydrogen (secondary N) is 1. The van der Waals surface area contributed by atoms with Gasteiger partial charge in [-0.3, -0.25) is 14.5 Å². The van der Waals surface area contributed by atoms with Crippen LogP contribution < -0.4 is 19.9 Å². The molecule has 3 heterocycles. The average Bonchev–Trinajstić information content (AvgIpc) is 3.34. The van der Waals surface area contributed by atoms with Crippen molar-refractivity contribution in [2.75, 3.05) is 29.9 Å². The van der Waals surface area contributed by atoms with E-state index in [2.05, 4.69) is 5.32 Å². The number of rotatable bonds is 4. The number of ether oxygens (including phenoxy) is 2. The molecule has 146 valence electrons. The Morgan fingerprint density at radius 1 is 1.25 bits per heavy atom. The minimum absolute atomic E-state index is 0.131. The van der Waals surface area contributed by atoms with Crippen LogP contribution in [-0.2, 0) is 9.53 Å². The van der Waals surface area contributed by atoms with Gasteiger partial charge in [0, 0.05) is 13.1 Å². The Labute approximate surface area is 160 Å². The lowest BCUT2D eigenvalue weighted by Crippen LogP contribution is -2.42. The van der Waals surface area contributed by atoms with Gasteiger partial charge in [-0.2, -0.15) is 0 Å². The molecule has 0 radical (unpaired) electrons. The molecule has 28 heavy (non-hydrogen) atoms. The fraction of sp³-hybridized carbons (Fsp3) is 0.316. The molecule has 3 amide bonds. The normalized spacial score (nSPS) is 21.2. The first-order chi connectivity index (χ1) is 13.4. The van der Waals surface area contributed by atoms with Crippen molar-refractivity contribution in [2.45, 2.75) is 19.1 Å². The number of hydrogen-bond donors (Lipinski definition) is 1. The quantitative estimate of drug-likeness (QED) is 0.861. The van der Waals surface area contributed by atoms with Crippen LogP contribution in [0.1, 0.15) is 17.5 Å². The van der Waals surface area contributed by atoms with Gasteiger partial charge >= 0.3 is 6.09 Å². The Kier molecular flexibility index (Phi) is 4.42. The Morgan fingerprint density at radius 2 is 2.07 bits per heavy atom. The number of fused-ring (bicyclic) bond motifs is 1. The molecule has 0 spiro atoms. The largest absolute Gasteiger partial charge is 0.479 e. The second-order valence-corrected chi connectivity index (χ2v) is 6.61. The fourth-order valence-corrected chi connectivity index (χ4v) is 3.21. The van der Waals surface area contributed by atoms with Crippen molar-refractivity contribution in [3.05, 3.63) is 42.4 Å². The molecule has 2 aliphatic heterocycles. The standard InChI is InChI=1S/C19H19N3O6/c1-11-18(24)21(2)14-6-5-12(8-16(14)27-11)22-10-13(28-19(22)25)9-20-17(23)15-4-3-7-26-15/h3-8,11,13H,9-10H2,1-2H3,(H,20,23)/t11?,13-/m0/s1. The lowest BCUT2D eigenvalue weighted by atomic mass is 10.1. The molecule has 0 aliphatic carbocycles. The number of anilines is 2. The summed E-state index contributed by atoms with van der Waals surface area (Å²) in [6.45, 7) is 2.12. The number of benzene rings is 1. The Morgan fingerprint density at radius 3 is 2.82 bits per heavy atom. The van der Waals surface area contributed by atoms with Gasteiger partial charge in [-0.25, -0.2) is 4.79 Å². The predicted molar refractivity (Wildman–Crippen MR) is 98.6 cm³/mol. The third-order valence-corrected chi connectivity index (χ3v) is 4.71. The Bertz CT molecular complexity index is 926. The van der Waals surface area contributed by atoms with Gasteiger partial charge in [-0.15, -0.1) is 0 Å². The molecule has 2 atom stereocenters. The highest BCUT2D eigenvalue weighted by Gasteiger charge is 2.35. The number of hydrogen-bond acceptors (Lipinski definition) is 6. The number of nitrogens with zero attached hydrogens (tertiary/aromatic N) is 2. The van der Waals surface area contributed by atoms with Crippen molar-refractivity contribution in [2.24, 2.45) is 0 Å². The van der Waals surface area contributed by atoms with E-state index in [0.717, 1.165) is 0 Å². The highest BCUT2D eigenvalue weighted by Crippen LogP contribution is 2.37. The average molecular weight is 385 g/mol. The van der Waals surface area contributed by atoms with Gasteiger partial charge in [-0.1, -0.05) is 0 Å². The lowest BCUT2D eigenvalue weighted by Gasteiger charge is -2.31. The fourth-order valence-electron chi connectivity index (χ4n) is 3.21. The second-order valence-electron chi connectivity index (χ2n) is 6.61. The van der Waals surface area contributed by atoms with Crippen LogP contribution >= 0.6 is 0 Å². The highest BCUT2D eigenvalue weighted by atomic mass is 16.6. The molecule has 1 fully saturated rings. The van der Waals surface area contributed by atoms with E-state index >= 15 is 0 Å². The van der Waals surface area contributed by atoms with Crippen molar-refractivity contribution in [3.63, 3.8) is 0 Å². The summed E-state index contributed by atoms with van der Waals surface area (Å²) in [5.74, 6) is 0.215. The van der Waals surface area contributed by atoms with E-state index in [9.17, 15) is 14.4 Å². The summed E-state index contributed by atoms with van der Waals surface area (Å²) in [4.78, 5) is 39.2. The maximum absolute atomic E-state index is 12.3. The molecule has 9 nitrogen and oxygen atoms in total. The van der Waals surface area contributed by atoms with Crippen LogP contribution in [0.2, 0.25) is 0 Å². The molecule has 2 aliphatic rings. The second kappa shape index (κ2) is 6.91. The third kappa shape index (κ3) is 3.15. The molecule has 4 rings (SSSR count). The van der Waals surface area contributed by atoms with Crippen LogP contribution in [-0.4, -0.2) is 50.3 Å². The summed E-state index contributed by atoms with van der Waals surface area (Å²) >= 11 is 0. The molecule has 1 N–H and O–H groups in total. The Hall–Kier alpha value is -3.49. The van der Waals surface area contributed by atoms with Crippen LogP contribution in [0.4, 0.5) is 16.2 Å². The highest BCUT2D eigenvalue weighted by molar-refractivity contribution is 6.00. The summed E-state index contributed by atoms with van der Waals surface area (Å²) in [5, 5.41) is 2.68. The first-order valence-corrected chi connectivity index (χ1v) is 8.82. The molecule has 1 saturated heterocycles. The summed E-state index contributed by atoms with van der Waals surface area (Å²) < 4.78 is 16.0. The number of furan rings is 1. The summed E-state index contributed by atoms with van der Waals surface area (Å²) in [5.41, 5.74) is 1.24. The van der Waals surface area contributed by atoms with Crippen molar-refractivity contribution in [3.8, 4) is 5.75 Å². The summed E-state index contributed by atoms with van der Waals surface area (Å²) in [6.07, 6.45) is -0.184. The monoisotopic (exact) mass is 385 g/mol. The van der Waals surface area contributed by atoms with Gasteiger partial charge in [0.25, 0.3) is 11.8 Å². The maximum atomic E-state index is 12.3. The number of carbonyl (C=O) groups excluding carboxylic acids is 3. The van der Waals surface area contributed by atoms with Crippen molar-refractivity contribution >= 4 is 29.3 Å². The smallest absolute Gasteiger partial charge is 0.414 e. The van der Waals surface area contributed by atoms with E-state index in [1.165, 1.54) is 16.1 Å². The zero-order chi connectivity index (χ0) is 19.8. The van der Waals surface area contributed by atoms with E-state index in [1.807, 2.05) is 0 Å². The molecule has 0 bridgehead atoms. The number of amides is 3. The SMILES string of the molecule is CC1Oc2cc(N3C[C@H](CNC(=O)c4ccco4)OC3=O)ccc2N(C)C1=O. The van der Waals surface area contributed by atoms with E-state index in [0.29, 0.717) is 17.1 Å². The first-order valence-electron chi connectivity index (χ1n) is 8.82. The molecule has 9 heteroatoms. The van der Waals surface area contributed by atoms with Crippen molar-refractivity contribution in [1.82, 2.24) is 5.32 Å².